The molecule has 1 amide bonds. The number of ether oxygens (including phenoxy) is 1. The van der Waals surface area contributed by atoms with Gasteiger partial charge in [0.25, 0.3) is 0 Å². The smallest absolute Gasteiger partial charge is 0.248 e. The second-order valence-corrected chi connectivity index (χ2v) is 6.06. The van der Waals surface area contributed by atoms with Gasteiger partial charge in [0.15, 0.2) is 0 Å². The van der Waals surface area contributed by atoms with Crippen LogP contribution in [0.3, 0.4) is 0 Å². The first-order valence-corrected chi connectivity index (χ1v) is 7.79. The Bertz CT molecular complexity index is 737. The highest BCUT2D eigenvalue weighted by Gasteiger charge is 2.09. The Kier molecular flexibility index (Phi) is 5.74. The van der Waals surface area contributed by atoms with E-state index in [9.17, 15) is 9.18 Å². The number of hydrogen-bond acceptors (Lipinski definition) is 2. The van der Waals surface area contributed by atoms with Gasteiger partial charge in [-0.1, -0.05) is 17.7 Å². The molecule has 126 valence electrons. The third-order valence-corrected chi connectivity index (χ3v) is 3.49. The van der Waals surface area contributed by atoms with Gasteiger partial charge in [-0.3, -0.25) is 4.79 Å². The Labute approximate surface area is 142 Å². The van der Waals surface area contributed by atoms with Crippen LogP contribution < -0.4 is 10.1 Å². The van der Waals surface area contributed by atoms with Crippen molar-refractivity contribution in [3.05, 3.63) is 70.6 Å². The van der Waals surface area contributed by atoms with Crippen LogP contribution in [0.4, 0.5) is 10.1 Å². The van der Waals surface area contributed by atoms with Gasteiger partial charge in [-0.05, 0) is 68.7 Å². The molecule has 0 bridgehead atoms. The minimum absolute atomic E-state index is 0.138. The second kappa shape index (κ2) is 7.77. The molecule has 0 unspecified atom stereocenters. The van der Waals surface area contributed by atoms with E-state index in [1.54, 1.807) is 18.2 Å². The number of nitrogens with one attached hydrogen (secondary N) is 1. The highest BCUT2D eigenvalue weighted by Crippen LogP contribution is 2.27. The lowest BCUT2D eigenvalue weighted by Gasteiger charge is -2.14. The summed E-state index contributed by atoms with van der Waals surface area (Å²) >= 11 is 0. The molecule has 0 aliphatic carbocycles. The number of anilines is 1. The van der Waals surface area contributed by atoms with Gasteiger partial charge in [0.2, 0.25) is 5.91 Å². The first-order valence-electron chi connectivity index (χ1n) is 7.79. The number of carbonyl (C=O) groups is 1. The van der Waals surface area contributed by atoms with Crippen LogP contribution in [0.1, 0.15) is 30.5 Å². The maximum atomic E-state index is 12.9. The number of rotatable bonds is 5. The van der Waals surface area contributed by atoms with Crippen molar-refractivity contribution in [1.29, 1.82) is 0 Å². The number of carbonyl (C=O) groups excluding carboxylic acids is 1. The quantitative estimate of drug-likeness (QED) is 0.791. The number of benzene rings is 2. The van der Waals surface area contributed by atoms with Gasteiger partial charge in [0.05, 0.1) is 0 Å². The molecule has 0 spiro atoms. The van der Waals surface area contributed by atoms with Crippen LogP contribution in [0.15, 0.2) is 48.0 Å². The minimum Gasteiger partial charge on any atom is -0.489 e. The normalized spacial score (nSPS) is 10.2. The zero-order chi connectivity index (χ0) is 17.7. The molecule has 0 saturated heterocycles. The molecule has 2 aromatic carbocycles. The van der Waals surface area contributed by atoms with Crippen LogP contribution >= 0.6 is 0 Å². The van der Waals surface area contributed by atoms with Gasteiger partial charge >= 0.3 is 0 Å². The van der Waals surface area contributed by atoms with Gasteiger partial charge in [-0.15, -0.1) is 0 Å². The Morgan fingerprint density at radius 3 is 2.25 bits per heavy atom. The zero-order valence-electron chi connectivity index (χ0n) is 14.4. The SMILES string of the molecule is CC(C)=CC(=O)Nc1c(C)cc(OCc2ccc(F)cc2)cc1C. The van der Waals surface area contributed by atoms with Crippen LogP contribution in [-0.4, -0.2) is 5.91 Å². The highest BCUT2D eigenvalue weighted by atomic mass is 19.1. The van der Waals surface area contributed by atoms with E-state index in [1.165, 1.54) is 12.1 Å². The summed E-state index contributed by atoms with van der Waals surface area (Å²) < 4.78 is 18.7. The molecule has 0 heterocycles. The average molecular weight is 327 g/mol. The largest absolute Gasteiger partial charge is 0.489 e. The molecule has 0 radical (unpaired) electrons. The average Bonchev–Trinajstić information content (AvgIpc) is 2.49. The van der Waals surface area contributed by atoms with Crippen molar-refractivity contribution in [3.63, 3.8) is 0 Å². The second-order valence-electron chi connectivity index (χ2n) is 6.06. The standard InChI is InChI=1S/C20H22FNO2/c1-13(2)9-19(23)22-20-14(3)10-18(11-15(20)4)24-12-16-5-7-17(21)8-6-16/h5-11H,12H2,1-4H3,(H,22,23). The van der Waals surface area contributed by atoms with Gasteiger partial charge in [-0.25, -0.2) is 4.39 Å². The fourth-order valence-electron chi connectivity index (χ4n) is 2.37. The van der Waals surface area contributed by atoms with Gasteiger partial charge in [-0.2, -0.15) is 0 Å². The predicted octanol–water partition coefficient (Wildman–Crippen LogP) is 4.93. The first-order chi connectivity index (χ1) is 11.3. The summed E-state index contributed by atoms with van der Waals surface area (Å²) in [5.41, 5.74) is 4.50. The van der Waals surface area contributed by atoms with Crippen molar-refractivity contribution in [2.75, 3.05) is 5.32 Å². The Morgan fingerprint density at radius 1 is 1.12 bits per heavy atom. The fourth-order valence-corrected chi connectivity index (χ4v) is 2.37. The third kappa shape index (κ3) is 4.95. The van der Waals surface area contributed by atoms with Crippen molar-refractivity contribution in [3.8, 4) is 5.75 Å². The Morgan fingerprint density at radius 2 is 1.71 bits per heavy atom. The topological polar surface area (TPSA) is 38.3 Å². The summed E-state index contributed by atoms with van der Waals surface area (Å²) in [4.78, 5) is 11.9. The molecule has 24 heavy (non-hydrogen) atoms. The van der Waals surface area contributed by atoms with Crippen LogP contribution in [0.5, 0.6) is 5.75 Å². The summed E-state index contributed by atoms with van der Waals surface area (Å²) in [7, 11) is 0. The minimum atomic E-state index is -0.262. The van der Waals surface area contributed by atoms with E-state index >= 15 is 0 Å². The van der Waals surface area contributed by atoms with E-state index in [1.807, 2.05) is 39.8 Å². The molecule has 1 N–H and O–H groups in total. The van der Waals surface area contributed by atoms with Crippen molar-refractivity contribution in [1.82, 2.24) is 0 Å². The Hall–Kier alpha value is -2.62. The summed E-state index contributed by atoms with van der Waals surface area (Å²) in [5.74, 6) is 0.317. The van der Waals surface area contributed by atoms with Crippen LogP contribution in [0, 0.1) is 19.7 Å². The van der Waals surface area contributed by atoms with E-state index in [0.29, 0.717) is 6.61 Å². The number of hydrogen-bond donors (Lipinski definition) is 1. The molecule has 0 saturated carbocycles. The lowest BCUT2D eigenvalue weighted by Crippen LogP contribution is -2.11. The molecule has 2 aromatic rings. The Balaban J connectivity index is 2.09. The summed E-state index contributed by atoms with van der Waals surface area (Å²) in [5, 5.41) is 2.90. The van der Waals surface area contributed by atoms with Crippen LogP contribution in [-0.2, 0) is 11.4 Å². The van der Waals surface area contributed by atoms with E-state index < -0.39 is 0 Å². The van der Waals surface area contributed by atoms with Crippen LogP contribution in [0.25, 0.3) is 0 Å². The first kappa shape index (κ1) is 17.7. The molecule has 0 aliphatic heterocycles. The molecule has 0 fully saturated rings. The summed E-state index contributed by atoms with van der Waals surface area (Å²) in [6, 6.07) is 9.99. The monoisotopic (exact) mass is 327 g/mol. The van der Waals surface area contributed by atoms with Gasteiger partial charge in [0, 0.05) is 11.8 Å². The predicted molar refractivity (Wildman–Crippen MR) is 94.7 cm³/mol. The zero-order valence-corrected chi connectivity index (χ0v) is 14.4. The van der Waals surface area contributed by atoms with Crippen molar-refractivity contribution >= 4 is 11.6 Å². The number of aryl methyl sites for hydroxylation is 2. The van der Waals surface area contributed by atoms with Gasteiger partial charge < -0.3 is 10.1 Å². The fraction of sp³-hybridized carbons (Fsp3) is 0.250. The van der Waals surface area contributed by atoms with E-state index in [-0.39, 0.29) is 11.7 Å². The summed E-state index contributed by atoms with van der Waals surface area (Å²) in [6.45, 7) is 7.98. The van der Waals surface area contributed by atoms with E-state index in [0.717, 1.165) is 33.7 Å². The van der Waals surface area contributed by atoms with Crippen molar-refractivity contribution in [2.45, 2.75) is 34.3 Å². The number of amides is 1. The highest BCUT2D eigenvalue weighted by molar-refractivity contribution is 6.00. The molecule has 2 rings (SSSR count). The lowest BCUT2D eigenvalue weighted by molar-refractivity contribution is -0.112. The molecular weight excluding hydrogens is 305 g/mol. The molecule has 4 heteroatoms. The van der Waals surface area contributed by atoms with E-state index in [2.05, 4.69) is 5.32 Å². The lowest BCUT2D eigenvalue weighted by atomic mass is 10.1. The van der Waals surface area contributed by atoms with Crippen molar-refractivity contribution < 1.29 is 13.9 Å². The summed E-state index contributed by atoms with van der Waals surface area (Å²) in [6.07, 6.45) is 1.57. The molecule has 3 nitrogen and oxygen atoms in total. The van der Waals surface area contributed by atoms with Gasteiger partial charge in [0.1, 0.15) is 18.2 Å². The van der Waals surface area contributed by atoms with Crippen molar-refractivity contribution in [2.24, 2.45) is 0 Å². The molecular formula is C20H22FNO2. The number of allylic oxidation sites excluding steroid dienone is 1. The van der Waals surface area contributed by atoms with E-state index in [4.69, 9.17) is 4.74 Å². The van der Waals surface area contributed by atoms with Crippen LogP contribution in [0.2, 0.25) is 0 Å². The molecule has 0 atom stereocenters. The molecule has 0 aliphatic rings. The third-order valence-electron chi connectivity index (χ3n) is 3.49. The maximum absolute atomic E-state index is 12.9. The molecule has 0 aromatic heterocycles. The number of halogens is 1. The maximum Gasteiger partial charge on any atom is 0.248 e.